The maximum Gasteiger partial charge on any atom is 0.332 e. The lowest BCUT2D eigenvalue weighted by atomic mass is 10.3. The van der Waals surface area contributed by atoms with Crippen molar-refractivity contribution in [1.29, 1.82) is 0 Å². The summed E-state index contributed by atoms with van der Waals surface area (Å²) in [7, 11) is 1.61. The first-order valence-electron chi connectivity index (χ1n) is 8.25. The average molecular weight is 354 g/mol. The highest BCUT2D eigenvalue weighted by molar-refractivity contribution is 5.72. The molecule has 0 radical (unpaired) electrons. The van der Waals surface area contributed by atoms with Crippen LogP contribution in [-0.4, -0.2) is 28.5 Å². The van der Waals surface area contributed by atoms with E-state index in [1.807, 2.05) is 19.9 Å². The molecule has 0 saturated carbocycles. The molecule has 3 heterocycles. The van der Waals surface area contributed by atoms with E-state index in [1.54, 1.807) is 29.3 Å². The molecule has 3 aromatic heterocycles. The summed E-state index contributed by atoms with van der Waals surface area (Å²) in [5.41, 5.74) is 2.29. The van der Waals surface area contributed by atoms with Crippen LogP contribution in [0.25, 0.3) is 17.1 Å². The van der Waals surface area contributed by atoms with Gasteiger partial charge >= 0.3 is 5.69 Å². The van der Waals surface area contributed by atoms with Gasteiger partial charge in [0.25, 0.3) is 5.56 Å². The fraction of sp³-hybridized carbons (Fsp3) is 0.333. The highest BCUT2D eigenvalue weighted by Crippen LogP contribution is 2.17. The van der Waals surface area contributed by atoms with Gasteiger partial charge in [0.1, 0.15) is 0 Å². The summed E-state index contributed by atoms with van der Waals surface area (Å²) in [6.07, 6.45) is 1.68. The number of imidazole rings is 1. The summed E-state index contributed by atoms with van der Waals surface area (Å²) in [5.74, 6) is 0.477. The highest BCUT2D eigenvalue weighted by Gasteiger charge is 2.21. The van der Waals surface area contributed by atoms with Crippen LogP contribution in [0.15, 0.2) is 40.5 Å². The third-order valence-corrected chi connectivity index (χ3v) is 4.15. The van der Waals surface area contributed by atoms with Gasteiger partial charge in [0, 0.05) is 19.3 Å². The van der Waals surface area contributed by atoms with Gasteiger partial charge in [-0.2, -0.15) is 10.1 Å². The van der Waals surface area contributed by atoms with Crippen molar-refractivity contribution in [1.82, 2.24) is 28.5 Å². The van der Waals surface area contributed by atoms with E-state index in [2.05, 4.69) is 23.2 Å². The van der Waals surface area contributed by atoms with Crippen molar-refractivity contribution < 1.29 is 0 Å². The number of hydrogen-bond donors (Lipinski definition) is 0. The van der Waals surface area contributed by atoms with E-state index in [0.29, 0.717) is 23.7 Å². The van der Waals surface area contributed by atoms with Gasteiger partial charge in [-0.15, -0.1) is 6.58 Å². The lowest BCUT2D eigenvalue weighted by Gasteiger charge is -2.10. The van der Waals surface area contributed by atoms with Crippen LogP contribution in [-0.2, 0) is 20.1 Å². The Bertz CT molecular complexity index is 1160. The monoisotopic (exact) mass is 354 g/mol. The van der Waals surface area contributed by atoms with E-state index in [4.69, 9.17) is 0 Å². The van der Waals surface area contributed by atoms with Crippen LogP contribution in [0.4, 0.5) is 0 Å². The molecular formula is C18H22N6O2. The molecule has 136 valence electrons. The van der Waals surface area contributed by atoms with Gasteiger partial charge in [-0.05, 0) is 26.8 Å². The predicted molar refractivity (Wildman–Crippen MR) is 101 cm³/mol. The molecule has 0 aliphatic rings. The molecule has 0 N–H and O–H groups in total. The Labute approximate surface area is 150 Å². The molecule has 0 aliphatic heterocycles. The van der Waals surface area contributed by atoms with Crippen molar-refractivity contribution in [2.24, 2.45) is 7.05 Å². The fourth-order valence-corrected chi connectivity index (χ4v) is 3.06. The molecule has 0 aromatic carbocycles. The second-order valence-corrected chi connectivity index (χ2v) is 6.51. The van der Waals surface area contributed by atoms with E-state index in [0.717, 1.165) is 17.0 Å². The zero-order valence-electron chi connectivity index (χ0n) is 15.5. The van der Waals surface area contributed by atoms with Crippen LogP contribution in [0.5, 0.6) is 0 Å². The first-order chi connectivity index (χ1) is 12.3. The molecule has 0 fully saturated rings. The topological polar surface area (TPSA) is 79.6 Å². The molecule has 3 rings (SSSR count). The molecule has 3 aromatic rings. The van der Waals surface area contributed by atoms with Crippen molar-refractivity contribution in [3.63, 3.8) is 0 Å². The van der Waals surface area contributed by atoms with Crippen LogP contribution in [0.1, 0.15) is 18.3 Å². The van der Waals surface area contributed by atoms with Gasteiger partial charge in [-0.3, -0.25) is 18.5 Å². The molecule has 0 spiro atoms. The Morgan fingerprint density at radius 3 is 2.50 bits per heavy atom. The summed E-state index contributed by atoms with van der Waals surface area (Å²) in [4.78, 5) is 30.2. The van der Waals surface area contributed by atoms with E-state index in [-0.39, 0.29) is 6.54 Å². The minimum Gasteiger partial charge on any atom is -0.299 e. The molecular weight excluding hydrogens is 332 g/mol. The molecule has 0 amide bonds. The Balaban J connectivity index is 2.46. The lowest BCUT2D eigenvalue weighted by Crippen LogP contribution is -2.39. The highest BCUT2D eigenvalue weighted by atomic mass is 16.2. The minimum absolute atomic E-state index is 0.163. The van der Waals surface area contributed by atoms with E-state index in [9.17, 15) is 9.59 Å². The predicted octanol–water partition coefficient (Wildman–Crippen LogP) is 1.46. The SMILES string of the molecule is C=CCn1c(-n2nc(C)cc2C)nc2c1c(=O)n(CC(=C)C)c(=O)n2C. The van der Waals surface area contributed by atoms with Crippen molar-refractivity contribution in [3.8, 4) is 5.95 Å². The second-order valence-electron chi connectivity index (χ2n) is 6.51. The number of rotatable bonds is 5. The third-order valence-electron chi connectivity index (χ3n) is 4.15. The number of hydrogen-bond acceptors (Lipinski definition) is 4. The quantitative estimate of drug-likeness (QED) is 0.650. The van der Waals surface area contributed by atoms with Crippen LogP contribution in [0.2, 0.25) is 0 Å². The van der Waals surface area contributed by atoms with Gasteiger partial charge in [0.2, 0.25) is 5.95 Å². The van der Waals surface area contributed by atoms with Gasteiger partial charge in [0.15, 0.2) is 11.2 Å². The standard InChI is InChI=1S/C18H22N6O2/c1-7-8-22-14-15(19-17(22)24-13(5)9-12(4)20-24)21(6)18(26)23(16(14)25)10-11(2)3/h7,9H,1-2,8,10H2,3-6H3. The molecule has 8 nitrogen and oxygen atoms in total. The minimum atomic E-state index is -0.423. The Morgan fingerprint density at radius 1 is 1.27 bits per heavy atom. The summed E-state index contributed by atoms with van der Waals surface area (Å²) in [5, 5.41) is 4.46. The fourth-order valence-electron chi connectivity index (χ4n) is 3.06. The van der Waals surface area contributed by atoms with Crippen molar-refractivity contribution >= 4 is 11.2 Å². The number of nitrogens with zero attached hydrogens (tertiary/aromatic N) is 6. The Kier molecular flexibility index (Phi) is 4.27. The normalized spacial score (nSPS) is 11.2. The Hall–Kier alpha value is -3.16. The summed E-state index contributed by atoms with van der Waals surface area (Å²) >= 11 is 0. The molecule has 0 aliphatic carbocycles. The number of allylic oxidation sites excluding steroid dienone is 2. The van der Waals surface area contributed by atoms with Gasteiger partial charge in [-0.25, -0.2) is 9.48 Å². The third kappa shape index (κ3) is 2.63. The van der Waals surface area contributed by atoms with E-state index >= 15 is 0 Å². The van der Waals surface area contributed by atoms with Gasteiger partial charge < -0.3 is 0 Å². The average Bonchev–Trinajstić information content (AvgIpc) is 3.09. The largest absolute Gasteiger partial charge is 0.332 e. The summed E-state index contributed by atoms with van der Waals surface area (Å²) in [6.45, 7) is 13.7. The summed E-state index contributed by atoms with van der Waals surface area (Å²) < 4.78 is 5.97. The zero-order valence-corrected chi connectivity index (χ0v) is 15.5. The molecule has 0 unspecified atom stereocenters. The smallest absolute Gasteiger partial charge is 0.299 e. The van der Waals surface area contributed by atoms with Gasteiger partial charge in [-0.1, -0.05) is 18.2 Å². The lowest BCUT2D eigenvalue weighted by molar-refractivity contribution is 0.647. The summed E-state index contributed by atoms with van der Waals surface area (Å²) in [6, 6.07) is 1.93. The number of fused-ring (bicyclic) bond motifs is 1. The second kappa shape index (κ2) is 6.29. The van der Waals surface area contributed by atoms with Crippen molar-refractivity contribution in [2.45, 2.75) is 33.9 Å². The van der Waals surface area contributed by atoms with Crippen molar-refractivity contribution in [2.75, 3.05) is 0 Å². The van der Waals surface area contributed by atoms with Gasteiger partial charge in [0.05, 0.1) is 12.2 Å². The van der Waals surface area contributed by atoms with Crippen molar-refractivity contribution in [3.05, 3.63) is 63.1 Å². The van der Waals surface area contributed by atoms with Crippen LogP contribution in [0.3, 0.4) is 0 Å². The Morgan fingerprint density at radius 2 is 1.96 bits per heavy atom. The van der Waals surface area contributed by atoms with Crippen LogP contribution in [0, 0.1) is 13.8 Å². The van der Waals surface area contributed by atoms with E-state index < -0.39 is 11.2 Å². The molecule has 0 bridgehead atoms. The maximum absolute atomic E-state index is 13.1. The maximum atomic E-state index is 13.1. The number of aryl methyl sites for hydroxylation is 3. The molecule has 8 heteroatoms. The first kappa shape index (κ1) is 17.7. The van der Waals surface area contributed by atoms with Crippen LogP contribution < -0.4 is 11.2 Å². The number of aromatic nitrogens is 6. The molecule has 0 saturated heterocycles. The van der Waals surface area contributed by atoms with E-state index in [1.165, 1.54) is 9.13 Å². The zero-order chi connectivity index (χ0) is 19.2. The van der Waals surface area contributed by atoms with Crippen LogP contribution >= 0.6 is 0 Å². The molecule has 26 heavy (non-hydrogen) atoms. The first-order valence-corrected chi connectivity index (χ1v) is 8.25. The molecule has 0 atom stereocenters.